The number of hydrogen-bond acceptors (Lipinski definition) is 3. The molecule has 0 saturated heterocycles. The van der Waals surface area contributed by atoms with Crippen LogP contribution in [0.15, 0.2) is 59.5 Å². The topological polar surface area (TPSA) is 70.9 Å². The molecule has 0 unspecified atom stereocenters. The molecule has 25 heavy (non-hydrogen) atoms. The minimum atomic E-state index is -0.176. The summed E-state index contributed by atoms with van der Waals surface area (Å²) in [6.45, 7) is 1.89. The number of pyridine rings is 1. The van der Waals surface area contributed by atoms with Crippen LogP contribution in [0.2, 0.25) is 5.02 Å². The second-order valence-corrected chi connectivity index (χ2v) is 6.22. The van der Waals surface area contributed by atoms with Gasteiger partial charge in [-0.1, -0.05) is 23.7 Å². The molecule has 0 bridgehead atoms. The average Bonchev–Trinajstić information content (AvgIpc) is 2.93. The number of nitrogens with zero attached hydrogens (tertiary/aromatic N) is 2. The van der Waals surface area contributed by atoms with E-state index in [9.17, 15) is 9.90 Å². The highest BCUT2D eigenvalue weighted by molar-refractivity contribution is 6.30. The fourth-order valence-electron chi connectivity index (χ4n) is 2.92. The van der Waals surface area contributed by atoms with Gasteiger partial charge in [0.15, 0.2) is 0 Å². The van der Waals surface area contributed by atoms with Crippen LogP contribution in [0.25, 0.3) is 27.7 Å². The van der Waals surface area contributed by atoms with Crippen LogP contribution < -0.4 is 5.56 Å². The standard InChI is InChI=1S/C19H14ClN3O2/c1-11-17(12-2-8-15(24)9-3-12)18-16(10-21-11)19(25)23(22-18)14-6-4-13(20)5-7-14/h2-10,22,24H,1H3. The van der Waals surface area contributed by atoms with E-state index in [2.05, 4.69) is 10.1 Å². The number of benzene rings is 2. The normalized spacial score (nSPS) is 11.1. The van der Waals surface area contributed by atoms with E-state index in [1.54, 1.807) is 54.7 Å². The van der Waals surface area contributed by atoms with Crippen LogP contribution in [-0.4, -0.2) is 19.9 Å². The Labute approximate surface area is 148 Å². The molecular weight excluding hydrogens is 338 g/mol. The van der Waals surface area contributed by atoms with Crippen LogP contribution in [-0.2, 0) is 0 Å². The SMILES string of the molecule is Cc1ncc2c(=O)n(-c3ccc(Cl)cc3)[nH]c2c1-c1ccc(O)cc1. The van der Waals surface area contributed by atoms with Gasteiger partial charge in [-0.15, -0.1) is 0 Å². The van der Waals surface area contributed by atoms with Crippen LogP contribution in [0, 0.1) is 6.92 Å². The van der Waals surface area contributed by atoms with E-state index in [0.717, 1.165) is 16.8 Å². The van der Waals surface area contributed by atoms with Gasteiger partial charge in [0.1, 0.15) is 5.75 Å². The molecule has 0 spiro atoms. The molecule has 6 heteroatoms. The summed E-state index contributed by atoms with van der Waals surface area (Å²) in [5.74, 6) is 0.189. The molecule has 0 saturated carbocycles. The van der Waals surface area contributed by atoms with Crippen molar-refractivity contribution in [3.8, 4) is 22.6 Å². The zero-order valence-electron chi connectivity index (χ0n) is 13.3. The fourth-order valence-corrected chi connectivity index (χ4v) is 3.05. The minimum absolute atomic E-state index is 0.176. The quantitative estimate of drug-likeness (QED) is 0.572. The molecule has 0 amide bonds. The lowest BCUT2D eigenvalue weighted by atomic mass is 10.0. The monoisotopic (exact) mass is 351 g/mol. The van der Waals surface area contributed by atoms with Gasteiger partial charge in [0.2, 0.25) is 0 Å². The van der Waals surface area contributed by atoms with Gasteiger partial charge in [-0.2, -0.15) is 0 Å². The van der Waals surface area contributed by atoms with Crippen LogP contribution in [0.4, 0.5) is 0 Å². The van der Waals surface area contributed by atoms with E-state index in [1.807, 2.05) is 6.92 Å². The first kappa shape index (κ1) is 15.5. The summed E-state index contributed by atoms with van der Waals surface area (Å²) < 4.78 is 1.48. The Bertz CT molecular complexity index is 1130. The average molecular weight is 352 g/mol. The molecule has 0 aliphatic carbocycles. The van der Waals surface area contributed by atoms with Crippen molar-refractivity contribution in [2.75, 3.05) is 0 Å². The van der Waals surface area contributed by atoms with Gasteiger partial charge < -0.3 is 5.11 Å². The summed E-state index contributed by atoms with van der Waals surface area (Å²) in [4.78, 5) is 17.2. The highest BCUT2D eigenvalue weighted by Crippen LogP contribution is 2.30. The molecule has 0 aliphatic rings. The number of rotatable bonds is 2. The molecule has 4 rings (SSSR count). The van der Waals surface area contributed by atoms with E-state index in [-0.39, 0.29) is 11.3 Å². The van der Waals surface area contributed by atoms with Gasteiger partial charge in [-0.3, -0.25) is 14.9 Å². The first-order chi connectivity index (χ1) is 12.0. The van der Waals surface area contributed by atoms with Crippen LogP contribution in [0.5, 0.6) is 5.75 Å². The number of aromatic amines is 1. The van der Waals surface area contributed by atoms with E-state index in [4.69, 9.17) is 11.6 Å². The smallest absolute Gasteiger partial charge is 0.280 e. The predicted molar refractivity (Wildman–Crippen MR) is 98.5 cm³/mol. The van der Waals surface area contributed by atoms with E-state index >= 15 is 0 Å². The lowest BCUT2D eigenvalue weighted by Gasteiger charge is -2.07. The minimum Gasteiger partial charge on any atom is -0.508 e. The number of halogens is 1. The predicted octanol–water partition coefficient (Wildman–Crippen LogP) is 4.05. The number of phenolic OH excluding ortho intramolecular Hbond substituents is 1. The lowest BCUT2D eigenvalue weighted by molar-refractivity contribution is 0.475. The zero-order valence-corrected chi connectivity index (χ0v) is 14.1. The van der Waals surface area contributed by atoms with Crippen LogP contribution in [0.3, 0.4) is 0 Å². The molecule has 2 aromatic carbocycles. The van der Waals surface area contributed by atoms with Crippen molar-refractivity contribution in [2.24, 2.45) is 0 Å². The van der Waals surface area contributed by atoms with Gasteiger partial charge in [-0.25, -0.2) is 4.68 Å². The zero-order chi connectivity index (χ0) is 17.6. The highest BCUT2D eigenvalue weighted by atomic mass is 35.5. The van der Waals surface area contributed by atoms with Crippen molar-refractivity contribution in [3.63, 3.8) is 0 Å². The second kappa shape index (κ2) is 5.79. The van der Waals surface area contributed by atoms with E-state index in [1.165, 1.54) is 4.68 Å². The van der Waals surface area contributed by atoms with E-state index < -0.39 is 0 Å². The van der Waals surface area contributed by atoms with Crippen molar-refractivity contribution in [1.82, 2.24) is 14.8 Å². The van der Waals surface area contributed by atoms with Gasteiger partial charge in [0.25, 0.3) is 5.56 Å². The number of phenols is 1. The van der Waals surface area contributed by atoms with E-state index in [0.29, 0.717) is 21.6 Å². The number of nitrogens with one attached hydrogen (secondary N) is 1. The molecular formula is C19H14ClN3O2. The second-order valence-electron chi connectivity index (χ2n) is 5.78. The largest absolute Gasteiger partial charge is 0.508 e. The molecule has 0 radical (unpaired) electrons. The van der Waals surface area contributed by atoms with Crippen molar-refractivity contribution in [2.45, 2.75) is 6.92 Å². The van der Waals surface area contributed by atoms with Crippen molar-refractivity contribution in [1.29, 1.82) is 0 Å². The molecule has 2 heterocycles. The fraction of sp³-hybridized carbons (Fsp3) is 0.0526. The molecule has 0 atom stereocenters. The van der Waals surface area contributed by atoms with Gasteiger partial charge >= 0.3 is 0 Å². The Kier molecular flexibility index (Phi) is 3.58. The van der Waals surface area contributed by atoms with Gasteiger partial charge in [0, 0.05) is 22.5 Å². The Hall–Kier alpha value is -3.05. The van der Waals surface area contributed by atoms with Crippen molar-refractivity contribution >= 4 is 22.5 Å². The van der Waals surface area contributed by atoms with Crippen molar-refractivity contribution in [3.05, 3.63) is 75.8 Å². The number of hydrogen-bond donors (Lipinski definition) is 2. The summed E-state index contributed by atoms with van der Waals surface area (Å²) in [5.41, 5.74) is 3.73. The van der Waals surface area contributed by atoms with Gasteiger partial charge in [0.05, 0.1) is 16.6 Å². The van der Waals surface area contributed by atoms with Crippen molar-refractivity contribution < 1.29 is 5.11 Å². The van der Waals surface area contributed by atoms with Crippen LogP contribution in [0.1, 0.15) is 5.69 Å². The molecule has 124 valence electrons. The maximum Gasteiger partial charge on any atom is 0.280 e. The third-order valence-corrected chi connectivity index (χ3v) is 4.42. The van der Waals surface area contributed by atoms with Crippen LogP contribution >= 0.6 is 11.6 Å². The number of H-pyrrole nitrogens is 1. The number of aromatic hydroxyl groups is 1. The maximum absolute atomic E-state index is 12.8. The summed E-state index contributed by atoms with van der Waals surface area (Å²) >= 11 is 5.93. The highest BCUT2D eigenvalue weighted by Gasteiger charge is 2.16. The Balaban J connectivity index is 2.00. The number of fused-ring (bicyclic) bond motifs is 1. The number of aromatic nitrogens is 3. The Morgan fingerprint density at radius 2 is 1.76 bits per heavy atom. The third kappa shape index (κ3) is 2.58. The lowest BCUT2D eigenvalue weighted by Crippen LogP contribution is -2.14. The number of aryl methyl sites for hydroxylation is 1. The summed E-state index contributed by atoms with van der Waals surface area (Å²) in [6.07, 6.45) is 1.58. The summed E-state index contributed by atoms with van der Waals surface area (Å²) in [6, 6.07) is 13.9. The first-order valence-corrected chi connectivity index (χ1v) is 8.08. The Morgan fingerprint density at radius 3 is 2.44 bits per heavy atom. The third-order valence-electron chi connectivity index (χ3n) is 4.17. The molecule has 0 aliphatic heterocycles. The molecule has 2 N–H and O–H groups in total. The Morgan fingerprint density at radius 1 is 1.08 bits per heavy atom. The maximum atomic E-state index is 12.8. The van der Waals surface area contributed by atoms with Gasteiger partial charge in [-0.05, 0) is 48.9 Å². The molecule has 2 aromatic heterocycles. The summed E-state index contributed by atoms with van der Waals surface area (Å²) in [5, 5.41) is 13.8. The molecule has 5 nitrogen and oxygen atoms in total. The first-order valence-electron chi connectivity index (χ1n) is 7.70. The molecule has 4 aromatic rings. The molecule has 0 fully saturated rings. The summed E-state index contributed by atoms with van der Waals surface area (Å²) in [7, 11) is 0.